The van der Waals surface area contributed by atoms with E-state index in [1.807, 2.05) is 9.80 Å². The van der Waals surface area contributed by atoms with Crippen molar-refractivity contribution in [2.24, 2.45) is 11.3 Å². The molecule has 3 aliphatic heterocycles. The van der Waals surface area contributed by atoms with Gasteiger partial charge in [-0.2, -0.15) is 4.98 Å². The van der Waals surface area contributed by atoms with Crippen molar-refractivity contribution < 1.29 is 23.8 Å². The zero-order valence-corrected chi connectivity index (χ0v) is 13.9. The van der Waals surface area contributed by atoms with Crippen LogP contribution in [0.2, 0.25) is 0 Å². The highest BCUT2D eigenvalue weighted by atomic mass is 19.1. The second-order valence-electron chi connectivity index (χ2n) is 6.80. The summed E-state index contributed by atoms with van der Waals surface area (Å²) in [7, 11) is 0. The van der Waals surface area contributed by atoms with Gasteiger partial charge in [-0.3, -0.25) is 4.79 Å². The summed E-state index contributed by atoms with van der Waals surface area (Å²) in [5.41, 5.74) is -0.838. The molecule has 136 valence electrons. The highest BCUT2D eigenvalue weighted by molar-refractivity contribution is 5.77. The Bertz CT molecular complexity index is 670. The van der Waals surface area contributed by atoms with Gasteiger partial charge in [-0.1, -0.05) is 0 Å². The molecule has 3 fully saturated rings. The molecule has 1 N–H and O–H groups in total. The van der Waals surface area contributed by atoms with Gasteiger partial charge in [0.2, 0.25) is 5.95 Å². The fraction of sp³-hybridized carbons (Fsp3) is 0.688. The maximum atomic E-state index is 14.2. The standard InChI is InChI=1S/C16H21FN4O4/c17-12-7-18-15(19-13(12)20-2-5-24-6-3-20)21-8-11-9-25-4-1-16(11,10-21)14(22)23/h7,11H,1-6,8-10H2,(H,22,23)/t11-,16+/m1/s1. The number of nitrogens with zero attached hydrogens (tertiary/aromatic N) is 4. The number of ether oxygens (including phenoxy) is 2. The summed E-state index contributed by atoms with van der Waals surface area (Å²) in [6, 6.07) is 0. The fourth-order valence-electron chi connectivity index (χ4n) is 3.95. The van der Waals surface area contributed by atoms with E-state index in [9.17, 15) is 14.3 Å². The Labute approximate surface area is 144 Å². The molecule has 3 saturated heterocycles. The van der Waals surface area contributed by atoms with Crippen LogP contribution in [0.1, 0.15) is 6.42 Å². The van der Waals surface area contributed by atoms with Crippen LogP contribution in [0.4, 0.5) is 16.2 Å². The van der Waals surface area contributed by atoms with E-state index >= 15 is 0 Å². The summed E-state index contributed by atoms with van der Waals surface area (Å²) in [6.07, 6.45) is 1.64. The molecule has 9 heteroatoms. The Morgan fingerprint density at radius 3 is 2.80 bits per heavy atom. The number of carbonyl (C=O) groups is 1. The second-order valence-corrected chi connectivity index (χ2v) is 6.80. The molecular formula is C16H21FN4O4. The van der Waals surface area contributed by atoms with Crippen LogP contribution < -0.4 is 9.80 Å². The van der Waals surface area contributed by atoms with Gasteiger partial charge in [0.15, 0.2) is 11.6 Å². The van der Waals surface area contributed by atoms with E-state index in [4.69, 9.17) is 9.47 Å². The molecule has 0 radical (unpaired) electrons. The van der Waals surface area contributed by atoms with E-state index in [0.717, 1.165) is 0 Å². The third-order valence-corrected chi connectivity index (χ3v) is 5.44. The van der Waals surface area contributed by atoms with Crippen LogP contribution in [0, 0.1) is 17.2 Å². The lowest BCUT2D eigenvalue weighted by Gasteiger charge is -2.33. The molecule has 4 heterocycles. The molecule has 0 aromatic carbocycles. The molecule has 1 aromatic heterocycles. The maximum absolute atomic E-state index is 14.2. The number of halogens is 1. The number of carboxylic acids is 1. The van der Waals surface area contributed by atoms with E-state index in [1.54, 1.807) is 0 Å². The molecule has 1 aromatic rings. The number of aliphatic carboxylic acids is 1. The molecule has 2 atom stereocenters. The van der Waals surface area contributed by atoms with Gasteiger partial charge in [0.25, 0.3) is 0 Å². The van der Waals surface area contributed by atoms with Crippen LogP contribution in [0.15, 0.2) is 6.20 Å². The third-order valence-electron chi connectivity index (χ3n) is 5.44. The Hall–Kier alpha value is -2.00. The average Bonchev–Trinajstić information content (AvgIpc) is 3.04. The van der Waals surface area contributed by atoms with Gasteiger partial charge in [-0.15, -0.1) is 0 Å². The first kappa shape index (κ1) is 16.5. The minimum Gasteiger partial charge on any atom is -0.481 e. The van der Waals surface area contributed by atoms with Gasteiger partial charge in [0.05, 0.1) is 31.4 Å². The molecular weight excluding hydrogens is 331 g/mol. The first-order valence-electron chi connectivity index (χ1n) is 8.51. The molecule has 4 rings (SSSR count). The zero-order chi connectivity index (χ0) is 17.4. The van der Waals surface area contributed by atoms with E-state index in [1.165, 1.54) is 6.20 Å². The summed E-state index contributed by atoms with van der Waals surface area (Å²) in [4.78, 5) is 24.1. The highest BCUT2D eigenvalue weighted by Crippen LogP contribution is 2.43. The minimum atomic E-state index is -0.838. The van der Waals surface area contributed by atoms with Gasteiger partial charge in [0.1, 0.15) is 0 Å². The van der Waals surface area contributed by atoms with Crippen molar-refractivity contribution in [1.29, 1.82) is 0 Å². The third kappa shape index (κ3) is 2.81. The van der Waals surface area contributed by atoms with Gasteiger partial charge >= 0.3 is 5.97 Å². The van der Waals surface area contributed by atoms with Gasteiger partial charge < -0.3 is 24.4 Å². The van der Waals surface area contributed by atoms with Crippen molar-refractivity contribution in [3.63, 3.8) is 0 Å². The first-order chi connectivity index (χ1) is 12.1. The number of anilines is 2. The van der Waals surface area contributed by atoms with Crippen LogP contribution in [-0.4, -0.2) is 73.7 Å². The molecule has 3 aliphatic rings. The second kappa shape index (κ2) is 6.38. The zero-order valence-electron chi connectivity index (χ0n) is 13.9. The SMILES string of the molecule is O=C(O)[C@]12CCOC[C@H]1CN(c1ncc(F)c(N3CCOCC3)n1)C2. The lowest BCUT2D eigenvalue weighted by atomic mass is 9.74. The van der Waals surface area contributed by atoms with Crippen molar-refractivity contribution in [2.45, 2.75) is 6.42 Å². The van der Waals surface area contributed by atoms with Crippen LogP contribution >= 0.6 is 0 Å². The van der Waals surface area contributed by atoms with Crippen molar-refractivity contribution in [3.05, 3.63) is 12.0 Å². The monoisotopic (exact) mass is 352 g/mol. The number of rotatable bonds is 3. The molecule has 0 unspecified atom stereocenters. The summed E-state index contributed by atoms with van der Waals surface area (Å²) in [5, 5.41) is 9.76. The molecule has 0 bridgehead atoms. The Kier molecular flexibility index (Phi) is 4.20. The van der Waals surface area contributed by atoms with Gasteiger partial charge in [0, 0.05) is 38.7 Å². The lowest BCUT2D eigenvalue weighted by molar-refractivity contribution is -0.157. The predicted octanol–water partition coefficient (Wildman–Crippen LogP) is 0.380. The normalized spacial score (nSPS) is 29.6. The molecule has 0 amide bonds. The van der Waals surface area contributed by atoms with Gasteiger partial charge in [-0.25, -0.2) is 9.37 Å². The van der Waals surface area contributed by atoms with Crippen LogP contribution in [0.3, 0.4) is 0 Å². The summed E-state index contributed by atoms with van der Waals surface area (Å²) >= 11 is 0. The molecule has 0 aliphatic carbocycles. The van der Waals surface area contributed by atoms with E-state index in [0.29, 0.717) is 65.0 Å². The number of hydrogen-bond donors (Lipinski definition) is 1. The Morgan fingerprint density at radius 2 is 2.08 bits per heavy atom. The molecule has 8 nitrogen and oxygen atoms in total. The van der Waals surface area contributed by atoms with Crippen LogP contribution in [0.5, 0.6) is 0 Å². The number of carboxylic acid groups (broad SMARTS) is 1. The number of aromatic nitrogens is 2. The van der Waals surface area contributed by atoms with E-state index in [2.05, 4.69) is 9.97 Å². The quantitative estimate of drug-likeness (QED) is 0.835. The maximum Gasteiger partial charge on any atom is 0.311 e. The minimum absolute atomic E-state index is 0.112. The topological polar surface area (TPSA) is 88.0 Å². The average molecular weight is 352 g/mol. The van der Waals surface area contributed by atoms with Gasteiger partial charge in [-0.05, 0) is 6.42 Å². The number of hydrogen-bond acceptors (Lipinski definition) is 7. The largest absolute Gasteiger partial charge is 0.481 e. The van der Waals surface area contributed by atoms with Crippen LogP contribution in [0.25, 0.3) is 0 Å². The van der Waals surface area contributed by atoms with E-state index < -0.39 is 17.2 Å². The Balaban J connectivity index is 1.61. The van der Waals surface area contributed by atoms with Crippen molar-refractivity contribution in [3.8, 4) is 0 Å². The van der Waals surface area contributed by atoms with Crippen molar-refractivity contribution in [1.82, 2.24) is 9.97 Å². The molecule has 25 heavy (non-hydrogen) atoms. The fourth-order valence-corrected chi connectivity index (χ4v) is 3.95. The van der Waals surface area contributed by atoms with Crippen molar-refractivity contribution in [2.75, 3.05) is 62.4 Å². The van der Waals surface area contributed by atoms with Crippen molar-refractivity contribution >= 4 is 17.7 Å². The predicted molar refractivity (Wildman–Crippen MR) is 86.2 cm³/mol. The summed E-state index contributed by atoms with van der Waals surface area (Å²) in [5.74, 6) is -0.765. The highest BCUT2D eigenvalue weighted by Gasteiger charge is 2.54. The number of fused-ring (bicyclic) bond motifs is 1. The Morgan fingerprint density at radius 1 is 1.28 bits per heavy atom. The summed E-state index contributed by atoms with van der Waals surface area (Å²) < 4.78 is 25.0. The lowest BCUT2D eigenvalue weighted by Crippen LogP contribution is -2.44. The summed E-state index contributed by atoms with van der Waals surface area (Å²) in [6.45, 7) is 3.89. The van der Waals surface area contributed by atoms with E-state index in [-0.39, 0.29) is 11.7 Å². The first-order valence-corrected chi connectivity index (χ1v) is 8.51. The molecule has 0 saturated carbocycles. The molecule has 0 spiro atoms. The smallest absolute Gasteiger partial charge is 0.311 e. The number of morpholine rings is 1. The van der Waals surface area contributed by atoms with Crippen LogP contribution in [-0.2, 0) is 14.3 Å².